The lowest BCUT2D eigenvalue weighted by molar-refractivity contribution is 0.0953. The number of oxazole rings is 1. The van der Waals surface area contributed by atoms with Crippen LogP contribution in [0.2, 0.25) is 0 Å². The number of carbonyl (C=O) groups is 1. The van der Waals surface area contributed by atoms with E-state index < -0.39 is 0 Å². The summed E-state index contributed by atoms with van der Waals surface area (Å²) in [5, 5.41) is 2.95. The van der Waals surface area contributed by atoms with E-state index in [-0.39, 0.29) is 5.91 Å². The van der Waals surface area contributed by atoms with Crippen LogP contribution in [0, 0.1) is 6.92 Å². The maximum Gasteiger partial charge on any atom is 0.251 e. The van der Waals surface area contributed by atoms with Crippen LogP contribution in [0.15, 0.2) is 53.3 Å². The van der Waals surface area contributed by atoms with Crippen molar-refractivity contribution in [2.75, 3.05) is 6.54 Å². The number of hydrogen-bond donors (Lipinski definition) is 1. The molecule has 0 radical (unpaired) electrons. The average Bonchev–Trinajstić information content (AvgIpc) is 2.95. The second-order valence-electron chi connectivity index (χ2n) is 4.98. The van der Waals surface area contributed by atoms with E-state index in [1.54, 1.807) is 0 Å². The Hall–Kier alpha value is -2.62. The van der Waals surface area contributed by atoms with Crippen LogP contribution >= 0.6 is 0 Å². The highest BCUT2D eigenvalue weighted by molar-refractivity contribution is 5.95. The number of carbonyl (C=O) groups excluding carboxylic acids is 1. The summed E-state index contributed by atoms with van der Waals surface area (Å²) in [7, 11) is 0. The lowest BCUT2D eigenvalue weighted by Gasteiger charge is -2.07. The fraction of sp³-hybridized carbons (Fsp3) is 0.176. The molecule has 2 aromatic carbocycles. The lowest BCUT2D eigenvalue weighted by atomic mass is 10.1. The summed E-state index contributed by atoms with van der Waals surface area (Å²) in [6.45, 7) is 2.53. The maximum atomic E-state index is 12.1. The molecule has 106 valence electrons. The van der Waals surface area contributed by atoms with Gasteiger partial charge in [-0.05, 0) is 42.7 Å². The summed E-state index contributed by atoms with van der Waals surface area (Å²) in [5.41, 5.74) is 4.46. The minimum atomic E-state index is -0.0318. The van der Waals surface area contributed by atoms with Crippen molar-refractivity contribution in [2.24, 2.45) is 0 Å². The van der Waals surface area contributed by atoms with Crippen LogP contribution in [-0.4, -0.2) is 17.4 Å². The topological polar surface area (TPSA) is 55.1 Å². The van der Waals surface area contributed by atoms with Gasteiger partial charge < -0.3 is 9.73 Å². The van der Waals surface area contributed by atoms with Crippen LogP contribution < -0.4 is 5.32 Å². The standard InChI is InChI=1S/C17H16N2O2/c1-12-4-2-3-5-14(12)17(20)18-9-8-13-6-7-16-15(10-13)19-11-21-16/h2-7,10-11H,8-9H2,1H3,(H,18,20). The zero-order chi connectivity index (χ0) is 14.7. The minimum absolute atomic E-state index is 0.0318. The molecule has 0 spiro atoms. The third-order valence-corrected chi connectivity index (χ3v) is 3.48. The Balaban J connectivity index is 1.60. The summed E-state index contributed by atoms with van der Waals surface area (Å²) in [6, 6.07) is 13.5. The summed E-state index contributed by atoms with van der Waals surface area (Å²) in [5.74, 6) is -0.0318. The molecule has 1 aromatic heterocycles. The van der Waals surface area contributed by atoms with Crippen LogP contribution in [0.4, 0.5) is 0 Å². The van der Waals surface area contributed by atoms with Gasteiger partial charge in [0.15, 0.2) is 12.0 Å². The first-order valence-corrected chi connectivity index (χ1v) is 6.90. The molecule has 0 aliphatic carbocycles. The van der Waals surface area contributed by atoms with Gasteiger partial charge in [-0.1, -0.05) is 24.3 Å². The number of aryl methyl sites for hydroxylation is 1. The lowest BCUT2D eigenvalue weighted by Crippen LogP contribution is -2.26. The largest absolute Gasteiger partial charge is 0.443 e. The van der Waals surface area contributed by atoms with Crippen molar-refractivity contribution in [3.05, 3.63) is 65.5 Å². The van der Waals surface area contributed by atoms with Gasteiger partial charge in [-0.3, -0.25) is 4.79 Å². The molecule has 0 atom stereocenters. The first-order chi connectivity index (χ1) is 10.2. The predicted molar refractivity (Wildman–Crippen MR) is 81.2 cm³/mol. The van der Waals surface area contributed by atoms with Crippen LogP contribution in [-0.2, 0) is 6.42 Å². The van der Waals surface area contributed by atoms with Crippen molar-refractivity contribution < 1.29 is 9.21 Å². The molecule has 1 amide bonds. The van der Waals surface area contributed by atoms with Gasteiger partial charge in [0.2, 0.25) is 0 Å². The molecule has 21 heavy (non-hydrogen) atoms. The molecule has 0 saturated carbocycles. The monoisotopic (exact) mass is 280 g/mol. The number of hydrogen-bond acceptors (Lipinski definition) is 3. The molecule has 0 aliphatic rings. The second-order valence-corrected chi connectivity index (χ2v) is 4.98. The van der Waals surface area contributed by atoms with Gasteiger partial charge in [0.05, 0.1) is 0 Å². The average molecular weight is 280 g/mol. The zero-order valence-corrected chi connectivity index (χ0v) is 11.8. The Morgan fingerprint density at radius 2 is 2.10 bits per heavy atom. The van der Waals surface area contributed by atoms with Gasteiger partial charge in [-0.15, -0.1) is 0 Å². The Bertz CT molecular complexity index is 777. The van der Waals surface area contributed by atoms with Gasteiger partial charge in [0.1, 0.15) is 5.52 Å². The van der Waals surface area contributed by atoms with E-state index in [9.17, 15) is 4.79 Å². The molecule has 0 fully saturated rings. The number of fused-ring (bicyclic) bond motifs is 1. The van der Waals surface area contributed by atoms with Gasteiger partial charge in [0, 0.05) is 12.1 Å². The van der Waals surface area contributed by atoms with E-state index in [2.05, 4.69) is 10.3 Å². The summed E-state index contributed by atoms with van der Waals surface area (Å²) in [4.78, 5) is 16.2. The predicted octanol–water partition coefficient (Wildman–Crippen LogP) is 3.11. The molecule has 0 unspecified atom stereocenters. The molecule has 0 aliphatic heterocycles. The SMILES string of the molecule is Cc1ccccc1C(=O)NCCc1ccc2ocnc2c1. The van der Waals surface area contributed by atoms with Gasteiger partial charge in [-0.2, -0.15) is 0 Å². The van der Waals surface area contributed by atoms with E-state index in [4.69, 9.17) is 4.42 Å². The molecule has 1 heterocycles. The fourth-order valence-corrected chi connectivity index (χ4v) is 2.30. The molecule has 4 nitrogen and oxygen atoms in total. The highest BCUT2D eigenvalue weighted by Gasteiger charge is 2.07. The van der Waals surface area contributed by atoms with Crippen molar-refractivity contribution >= 4 is 17.0 Å². The molecule has 0 saturated heterocycles. The number of benzene rings is 2. The van der Waals surface area contributed by atoms with Crippen LogP contribution in [0.3, 0.4) is 0 Å². The normalized spacial score (nSPS) is 10.7. The van der Waals surface area contributed by atoms with E-state index >= 15 is 0 Å². The van der Waals surface area contributed by atoms with E-state index in [0.717, 1.165) is 34.2 Å². The van der Waals surface area contributed by atoms with Crippen LogP contribution in [0.1, 0.15) is 21.5 Å². The summed E-state index contributed by atoms with van der Waals surface area (Å²) < 4.78 is 5.21. The number of nitrogens with zero attached hydrogens (tertiary/aromatic N) is 1. The minimum Gasteiger partial charge on any atom is -0.443 e. The highest BCUT2D eigenvalue weighted by Crippen LogP contribution is 2.14. The molecule has 4 heteroatoms. The van der Waals surface area contributed by atoms with Gasteiger partial charge in [-0.25, -0.2) is 4.98 Å². The Labute approximate surface area is 122 Å². The highest BCUT2D eigenvalue weighted by atomic mass is 16.3. The third-order valence-electron chi connectivity index (χ3n) is 3.48. The second kappa shape index (κ2) is 5.79. The number of rotatable bonds is 4. The first kappa shape index (κ1) is 13.4. The van der Waals surface area contributed by atoms with Crippen molar-refractivity contribution in [1.29, 1.82) is 0 Å². The fourth-order valence-electron chi connectivity index (χ4n) is 2.30. The quantitative estimate of drug-likeness (QED) is 0.799. The Kier molecular flexibility index (Phi) is 3.69. The number of nitrogens with one attached hydrogen (secondary N) is 1. The molecular formula is C17H16N2O2. The first-order valence-electron chi connectivity index (χ1n) is 6.90. The Morgan fingerprint density at radius 3 is 2.95 bits per heavy atom. The summed E-state index contributed by atoms with van der Waals surface area (Å²) >= 11 is 0. The molecular weight excluding hydrogens is 264 g/mol. The van der Waals surface area contributed by atoms with Gasteiger partial charge >= 0.3 is 0 Å². The zero-order valence-electron chi connectivity index (χ0n) is 11.8. The molecule has 3 rings (SSSR count). The van der Waals surface area contributed by atoms with Crippen molar-refractivity contribution in [1.82, 2.24) is 10.3 Å². The molecule has 1 N–H and O–H groups in total. The smallest absolute Gasteiger partial charge is 0.251 e. The molecule has 0 bridgehead atoms. The van der Waals surface area contributed by atoms with E-state index in [1.807, 2.05) is 49.4 Å². The number of aromatic nitrogens is 1. The van der Waals surface area contributed by atoms with Crippen LogP contribution in [0.25, 0.3) is 11.1 Å². The Morgan fingerprint density at radius 1 is 1.24 bits per heavy atom. The van der Waals surface area contributed by atoms with E-state index in [0.29, 0.717) is 6.54 Å². The summed E-state index contributed by atoms with van der Waals surface area (Å²) in [6.07, 6.45) is 2.20. The van der Waals surface area contributed by atoms with Crippen molar-refractivity contribution in [3.63, 3.8) is 0 Å². The van der Waals surface area contributed by atoms with Crippen molar-refractivity contribution in [2.45, 2.75) is 13.3 Å². The number of amides is 1. The van der Waals surface area contributed by atoms with E-state index in [1.165, 1.54) is 6.39 Å². The van der Waals surface area contributed by atoms with Gasteiger partial charge in [0.25, 0.3) is 5.91 Å². The van der Waals surface area contributed by atoms with Crippen molar-refractivity contribution in [3.8, 4) is 0 Å². The third kappa shape index (κ3) is 2.94. The van der Waals surface area contributed by atoms with Crippen LogP contribution in [0.5, 0.6) is 0 Å². The molecule has 3 aromatic rings. The maximum absolute atomic E-state index is 12.1.